The molecule has 1 aliphatic heterocycles. The molecule has 1 saturated carbocycles. The molecule has 98 valence electrons. The standard InChI is InChI=1S/C14H24O3/c1-4-16-12(15)8-14(11-9-17-11)7-5-6-13(2,3)10-14/h11H,4-10H2,1-3H3. The summed E-state index contributed by atoms with van der Waals surface area (Å²) in [7, 11) is 0. The number of epoxide rings is 1. The molecule has 0 spiro atoms. The van der Waals surface area contributed by atoms with Crippen LogP contribution >= 0.6 is 0 Å². The smallest absolute Gasteiger partial charge is 0.306 e. The van der Waals surface area contributed by atoms with Crippen LogP contribution in [0, 0.1) is 10.8 Å². The van der Waals surface area contributed by atoms with Gasteiger partial charge in [0.05, 0.1) is 25.7 Å². The number of ether oxygens (including phenoxy) is 2. The van der Waals surface area contributed by atoms with Gasteiger partial charge in [-0.05, 0) is 31.6 Å². The van der Waals surface area contributed by atoms with Gasteiger partial charge >= 0.3 is 5.97 Å². The van der Waals surface area contributed by atoms with Gasteiger partial charge in [0.2, 0.25) is 0 Å². The summed E-state index contributed by atoms with van der Waals surface area (Å²) < 4.78 is 10.6. The van der Waals surface area contributed by atoms with Crippen LogP contribution in [-0.2, 0) is 14.3 Å². The molecule has 2 atom stereocenters. The van der Waals surface area contributed by atoms with Crippen molar-refractivity contribution in [2.75, 3.05) is 13.2 Å². The Balaban J connectivity index is 2.06. The molecule has 2 unspecified atom stereocenters. The summed E-state index contributed by atoms with van der Waals surface area (Å²) in [5, 5.41) is 0. The van der Waals surface area contributed by atoms with E-state index in [0.29, 0.717) is 24.5 Å². The molecule has 2 fully saturated rings. The molecule has 1 aliphatic carbocycles. The first-order valence-electron chi connectivity index (χ1n) is 6.75. The average Bonchev–Trinajstić information content (AvgIpc) is 2.98. The fraction of sp³-hybridized carbons (Fsp3) is 0.929. The Labute approximate surface area is 104 Å². The van der Waals surface area contributed by atoms with Gasteiger partial charge in [-0.1, -0.05) is 20.3 Å². The van der Waals surface area contributed by atoms with Gasteiger partial charge in [-0.25, -0.2) is 0 Å². The number of carbonyl (C=O) groups excluding carboxylic acids is 1. The molecule has 0 amide bonds. The highest BCUT2D eigenvalue weighted by atomic mass is 16.6. The van der Waals surface area contributed by atoms with Crippen LogP contribution in [0.15, 0.2) is 0 Å². The third-order valence-electron chi connectivity index (χ3n) is 4.18. The topological polar surface area (TPSA) is 38.8 Å². The highest BCUT2D eigenvalue weighted by Crippen LogP contribution is 2.53. The lowest BCUT2D eigenvalue weighted by Gasteiger charge is -2.43. The lowest BCUT2D eigenvalue weighted by Crippen LogP contribution is -2.39. The van der Waals surface area contributed by atoms with Gasteiger partial charge in [0.25, 0.3) is 0 Å². The van der Waals surface area contributed by atoms with Gasteiger partial charge in [-0.2, -0.15) is 0 Å². The fourth-order valence-electron chi connectivity index (χ4n) is 3.49. The van der Waals surface area contributed by atoms with Crippen LogP contribution in [0.4, 0.5) is 0 Å². The van der Waals surface area contributed by atoms with Gasteiger partial charge in [-0.15, -0.1) is 0 Å². The van der Waals surface area contributed by atoms with Crippen molar-refractivity contribution in [2.45, 2.75) is 59.0 Å². The number of hydrogen-bond acceptors (Lipinski definition) is 3. The van der Waals surface area contributed by atoms with Gasteiger partial charge in [0, 0.05) is 5.41 Å². The zero-order valence-corrected chi connectivity index (χ0v) is 11.3. The minimum absolute atomic E-state index is 0.0496. The maximum atomic E-state index is 11.8. The maximum Gasteiger partial charge on any atom is 0.306 e. The van der Waals surface area contributed by atoms with Crippen LogP contribution < -0.4 is 0 Å². The molecule has 2 rings (SSSR count). The Morgan fingerprint density at radius 1 is 1.41 bits per heavy atom. The number of esters is 1. The second kappa shape index (κ2) is 4.60. The Kier molecular flexibility index (Phi) is 3.48. The number of rotatable bonds is 4. The summed E-state index contributed by atoms with van der Waals surface area (Å²) in [6, 6.07) is 0. The normalized spacial score (nSPS) is 35.4. The van der Waals surface area contributed by atoms with Crippen LogP contribution in [0.1, 0.15) is 52.9 Å². The van der Waals surface area contributed by atoms with Crippen molar-refractivity contribution in [2.24, 2.45) is 10.8 Å². The molecule has 0 aromatic carbocycles. The molecular formula is C14H24O3. The quantitative estimate of drug-likeness (QED) is 0.560. The van der Waals surface area contributed by atoms with E-state index in [1.807, 2.05) is 6.92 Å². The third kappa shape index (κ3) is 3.01. The van der Waals surface area contributed by atoms with E-state index in [1.165, 1.54) is 12.8 Å². The predicted molar refractivity (Wildman–Crippen MR) is 65.7 cm³/mol. The van der Waals surface area contributed by atoms with Gasteiger partial charge in [-0.3, -0.25) is 4.79 Å². The Hall–Kier alpha value is -0.570. The van der Waals surface area contributed by atoms with Crippen molar-refractivity contribution in [1.29, 1.82) is 0 Å². The summed E-state index contributed by atoms with van der Waals surface area (Å²) >= 11 is 0. The van der Waals surface area contributed by atoms with E-state index in [0.717, 1.165) is 19.4 Å². The van der Waals surface area contributed by atoms with Gasteiger partial charge in [0.1, 0.15) is 0 Å². The van der Waals surface area contributed by atoms with E-state index in [2.05, 4.69) is 13.8 Å². The summed E-state index contributed by atoms with van der Waals surface area (Å²) in [5.74, 6) is -0.0549. The van der Waals surface area contributed by atoms with Crippen LogP contribution in [-0.4, -0.2) is 25.3 Å². The number of carbonyl (C=O) groups is 1. The average molecular weight is 240 g/mol. The van der Waals surface area contributed by atoms with E-state index < -0.39 is 0 Å². The molecule has 3 nitrogen and oxygen atoms in total. The first-order valence-corrected chi connectivity index (χ1v) is 6.75. The van der Waals surface area contributed by atoms with Crippen LogP contribution in [0.25, 0.3) is 0 Å². The maximum absolute atomic E-state index is 11.8. The fourth-order valence-corrected chi connectivity index (χ4v) is 3.49. The monoisotopic (exact) mass is 240 g/mol. The highest BCUT2D eigenvalue weighted by Gasteiger charge is 2.52. The molecule has 0 radical (unpaired) electrons. The molecule has 0 N–H and O–H groups in total. The van der Waals surface area contributed by atoms with E-state index >= 15 is 0 Å². The molecule has 0 aromatic rings. The first-order chi connectivity index (χ1) is 7.97. The van der Waals surface area contributed by atoms with Crippen LogP contribution in [0.3, 0.4) is 0 Å². The Morgan fingerprint density at radius 2 is 2.12 bits per heavy atom. The van der Waals surface area contributed by atoms with E-state index in [4.69, 9.17) is 9.47 Å². The molecule has 0 bridgehead atoms. The Bertz CT molecular complexity index is 294. The zero-order chi connectivity index (χ0) is 12.5. The van der Waals surface area contributed by atoms with E-state index in [-0.39, 0.29) is 11.4 Å². The second-order valence-electron chi connectivity index (χ2n) is 6.36. The summed E-state index contributed by atoms with van der Waals surface area (Å²) in [6.45, 7) is 7.77. The third-order valence-corrected chi connectivity index (χ3v) is 4.18. The molecule has 2 aliphatic rings. The summed E-state index contributed by atoms with van der Waals surface area (Å²) in [5.41, 5.74) is 0.380. The van der Waals surface area contributed by atoms with E-state index in [9.17, 15) is 4.79 Å². The summed E-state index contributed by atoms with van der Waals surface area (Å²) in [6.07, 6.45) is 5.49. The second-order valence-corrected chi connectivity index (χ2v) is 6.36. The van der Waals surface area contributed by atoms with Crippen molar-refractivity contribution in [1.82, 2.24) is 0 Å². The van der Waals surface area contributed by atoms with Crippen molar-refractivity contribution in [3.8, 4) is 0 Å². The number of hydrogen-bond donors (Lipinski definition) is 0. The van der Waals surface area contributed by atoms with Gasteiger partial charge < -0.3 is 9.47 Å². The highest BCUT2D eigenvalue weighted by molar-refractivity contribution is 5.70. The molecule has 1 heterocycles. The minimum atomic E-state index is -0.0549. The van der Waals surface area contributed by atoms with Crippen molar-refractivity contribution < 1.29 is 14.3 Å². The zero-order valence-electron chi connectivity index (χ0n) is 11.3. The molecule has 1 saturated heterocycles. The van der Waals surface area contributed by atoms with Crippen LogP contribution in [0.2, 0.25) is 0 Å². The summed E-state index contributed by atoms with van der Waals surface area (Å²) in [4.78, 5) is 11.8. The van der Waals surface area contributed by atoms with Crippen LogP contribution in [0.5, 0.6) is 0 Å². The first kappa shape index (κ1) is 12.9. The van der Waals surface area contributed by atoms with Crippen molar-refractivity contribution in [3.05, 3.63) is 0 Å². The molecule has 0 aromatic heterocycles. The molecule has 3 heteroatoms. The van der Waals surface area contributed by atoms with Crippen molar-refractivity contribution in [3.63, 3.8) is 0 Å². The lowest BCUT2D eigenvalue weighted by molar-refractivity contribution is -0.148. The molecular weight excluding hydrogens is 216 g/mol. The van der Waals surface area contributed by atoms with E-state index in [1.54, 1.807) is 0 Å². The minimum Gasteiger partial charge on any atom is -0.466 e. The lowest BCUT2D eigenvalue weighted by atomic mass is 9.61. The largest absolute Gasteiger partial charge is 0.466 e. The molecule has 17 heavy (non-hydrogen) atoms. The SMILES string of the molecule is CCOC(=O)CC1(C2CO2)CCCC(C)(C)C1. The van der Waals surface area contributed by atoms with Gasteiger partial charge in [0.15, 0.2) is 0 Å². The predicted octanol–water partition coefficient (Wildman–Crippen LogP) is 2.93. The Morgan fingerprint density at radius 3 is 2.65 bits per heavy atom. The van der Waals surface area contributed by atoms with Crippen molar-refractivity contribution >= 4 is 5.97 Å².